The number of rotatable bonds is 11. The Kier molecular flexibility index (Phi) is 8.92. The largest absolute Gasteiger partial charge is 0.384 e. The molecule has 0 fully saturated rings. The molecule has 0 aliphatic carbocycles. The average Bonchev–Trinajstić information content (AvgIpc) is 2.80. The Balaban J connectivity index is 0.00000272. The lowest BCUT2D eigenvalue weighted by Gasteiger charge is -2.10. The second-order valence-electron chi connectivity index (χ2n) is 7.73. The molecule has 0 spiro atoms. The Bertz CT molecular complexity index is 985. The third kappa shape index (κ3) is 6.31. The number of hydrogen-bond donors (Lipinski definition) is 2. The van der Waals surface area contributed by atoms with Gasteiger partial charge in [0.1, 0.15) is 0 Å². The standard InChI is InChI=1S/C26H30N4.ClH/c1(3-9-17-27-25-15-19-29-23-13-7-5-11-21(23)25)2-4-10-18-28-26-16-20-30-24-14-8-6-12-22(24)26;/h5-8,11-16,19-20H,1-4,9-10,17-18H2,(H,27,29)(H,28,30);1H. The van der Waals surface area contributed by atoms with Gasteiger partial charge in [-0.1, -0.05) is 62.1 Å². The second kappa shape index (κ2) is 12.1. The maximum Gasteiger partial charge on any atom is 0.0722 e. The summed E-state index contributed by atoms with van der Waals surface area (Å²) in [6.45, 7) is 2.04. The van der Waals surface area contributed by atoms with Crippen molar-refractivity contribution in [3.63, 3.8) is 0 Å². The van der Waals surface area contributed by atoms with Gasteiger partial charge in [0.05, 0.1) is 11.0 Å². The minimum absolute atomic E-state index is 0. The van der Waals surface area contributed by atoms with E-state index in [9.17, 15) is 0 Å². The normalized spacial score (nSPS) is 10.7. The van der Waals surface area contributed by atoms with Gasteiger partial charge in [-0.3, -0.25) is 9.97 Å². The van der Waals surface area contributed by atoms with E-state index in [2.05, 4.69) is 69.1 Å². The van der Waals surface area contributed by atoms with E-state index >= 15 is 0 Å². The molecule has 0 saturated heterocycles. The Morgan fingerprint density at radius 2 is 0.935 bits per heavy atom. The van der Waals surface area contributed by atoms with Gasteiger partial charge in [-0.2, -0.15) is 0 Å². The van der Waals surface area contributed by atoms with Gasteiger partial charge in [0, 0.05) is 47.6 Å². The number of hydrogen-bond acceptors (Lipinski definition) is 4. The first-order valence-corrected chi connectivity index (χ1v) is 11.1. The van der Waals surface area contributed by atoms with Gasteiger partial charge in [-0.05, 0) is 37.1 Å². The molecule has 0 aliphatic heterocycles. The highest BCUT2D eigenvalue weighted by atomic mass is 35.5. The van der Waals surface area contributed by atoms with Crippen molar-refractivity contribution in [3.05, 3.63) is 73.1 Å². The summed E-state index contributed by atoms with van der Waals surface area (Å²) in [5.41, 5.74) is 4.48. The Hall–Kier alpha value is -2.85. The summed E-state index contributed by atoms with van der Waals surface area (Å²) in [6.07, 6.45) is 11.3. The monoisotopic (exact) mass is 434 g/mol. The van der Waals surface area contributed by atoms with Crippen molar-refractivity contribution in [3.8, 4) is 0 Å². The number of halogens is 1. The van der Waals surface area contributed by atoms with E-state index in [1.807, 2.05) is 24.5 Å². The minimum Gasteiger partial charge on any atom is -0.384 e. The smallest absolute Gasteiger partial charge is 0.0722 e. The molecule has 2 heterocycles. The summed E-state index contributed by atoms with van der Waals surface area (Å²) >= 11 is 0. The van der Waals surface area contributed by atoms with Gasteiger partial charge in [0.15, 0.2) is 0 Å². The summed E-state index contributed by atoms with van der Waals surface area (Å²) in [4.78, 5) is 8.84. The molecule has 4 aromatic rings. The highest BCUT2D eigenvalue weighted by Gasteiger charge is 2.01. The number of para-hydroxylation sites is 2. The van der Waals surface area contributed by atoms with Gasteiger partial charge in [0.25, 0.3) is 0 Å². The first kappa shape index (κ1) is 22.8. The van der Waals surface area contributed by atoms with Crippen LogP contribution in [0.4, 0.5) is 11.4 Å². The maximum absolute atomic E-state index is 4.42. The van der Waals surface area contributed by atoms with Crippen LogP contribution in [0, 0.1) is 0 Å². The zero-order chi connectivity index (χ0) is 20.4. The van der Waals surface area contributed by atoms with Crippen LogP contribution in [-0.2, 0) is 0 Å². The van der Waals surface area contributed by atoms with Crippen molar-refractivity contribution in [1.29, 1.82) is 0 Å². The zero-order valence-electron chi connectivity index (χ0n) is 17.9. The number of aromatic nitrogens is 2. The fourth-order valence-electron chi connectivity index (χ4n) is 3.90. The molecule has 2 aromatic heterocycles. The number of fused-ring (bicyclic) bond motifs is 2. The number of benzene rings is 2. The molecule has 4 nitrogen and oxygen atoms in total. The van der Waals surface area contributed by atoms with Gasteiger partial charge in [0.2, 0.25) is 0 Å². The molecule has 4 rings (SSSR count). The van der Waals surface area contributed by atoms with Crippen LogP contribution >= 0.6 is 12.4 Å². The molecule has 31 heavy (non-hydrogen) atoms. The molecular formula is C26H31ClN4. The summed E-state index contributed by atoms with van der Waals surface area (Å²) in [6, 6.07) is 20.7. The lowest BCUT2D eigenvalue weighted by atomic mass is 10.1. The number of nitrogens with zero attached hydrogens (tertiary/aromatic N) is 2. The fourth-order valence-corrected chi connectivity index (χ4v) is 3.90. The molecule has 0 saturated carbocycles. The van der Waals surface area contributed by atoms with Crippen molar-refractivity contribution < 1.29 is 0 Å². The maximum atomic E-state index is 4.42. The van der Waals surface area contributed by atoms with Crippen LogP contribution in [0.1, 0.15) is 38.5 Å². The van der Waals surface area contributed by atoms with Crippen LogP contribution in [0.5, 0.6) is 0 Å². The van der Waals surface area contributed by atoms with Crippen LogP contribution in [-0.4, -0.2) is 23.1 Å². The lowest BCUT2D eigenvalue weighted by Crippen LogP contribution is -2.03. The number of anilines is 2. The average molecular weight is 435 g/mol. The van der Waals surface area contributed by atoms with Crippen molar-refractivity contribution in [2.24, 2.45) is 0 Å². The van der Waals surface area contributed by atoms with Crippen LogP contribution in [0.25, 0.3) is 21.8 Å². The van der Waals surface area contributed by atoms with Crippen molar-refractivity contribution in [2.45, 2.75) is 38.5 Å². The predicted molar refractivity (Wildman–Crippen MR) is 135 cm³/mol. The highest BCUT2D eigenvalue weighted by Crippen LogP contribution is 2.22. The molecule has 162 valence electrons. The minimum atomic E-state index is 0. The van der Waals surface area contributed by atoms with Crippen LogP contribution in [0.3, 0.4) is 0 Å². The highest BCUT2D eigenvalue weighted by molar-refractivity contribution is 5.91. The van der Waals surface area contributed by atoms with E-state index in [1.54, 1.807) is 0 Å². The summed E-state index contributed by atoms with van der Waals surface area (Å²) in [7, 11) is 0. The number of nitrogens with one attached hydrogen (secondary N) is 2. The quantitative estimate of drug-likeness (QED) is 0.248. The lowest BCUT2D eigenvalue weighted by molar-refractivity contribution is 0.610. The summed E-state index contributed by atoms with van der Waals surface area (Å²) in [5.74, 6) is 0. The van der Waals surface area contributed by atoms with Crippen molar-refractivity contribution >= 4 is 45.6 Å². The SMILES string of the molecule is Cl.c1ccc2c(NCCCCCCCCNc3ccnc4ccccc34)ccnc2c1. The van der Waals surface area contributed by atoms with E-state index in [4.69, 9.17) is 0 Å². The zero-order valence-corrected chi connectivity index (χ0v) is 18.7. The summed E-state index contributed by atoms with van der Waals surface area (Å²) < 4.78 is 0. The van der Waals surface area contributed by atoms with Gasteiger partial charge in [-0.15, -0.1) is 12.4 Å². The topological polar surface area (TPSA) is 49.8 Å². The Morgan fingerprint density at radius 1 is 0.516 bits per heavy atom. The molecule has 2 N–H and O–H groups in total. The molecule has 0 unspecified atom stereocenters. The molecule has 0 atom stereocenters. The fraction of sp³-hybridized carbons (Fsp3) is 0.308. The van der Waals surface area contributed by atoms with Crippen molar-refractivity contribution in [1.82, 2.24) is 9.97 Å². The Labute approximate surface area is 190 Å². The Morgan fingerprint density at radius 3 is 1.42 bits per heavy atom. The molecule has 0 amide bonds. The van der Waals surface area contributed by atoms with Gasteiger partial charge < -0.3 is 10.6 Å². The first-order chi connectivity index (χ1) is 14.9. The molecule has 0 bridgehead atoms. The van der Waals surface area contributed by atoms with E-state index < -0.39 is 0 Å². The molecule has 0 aliphatic rings. The second-order valence-corrected chi connectivity index (χ2v) is 7.73. The van der Waals surface area contributed by atoms with Gasteiger partial charge in [-0.25, -0.2) is 0 Å². The summed E-state index contributed by atoms with van der Waals surface area (Å²) in [5, 5.41) is 9.56. The van der Waals surface area contributed by atoms with E-state index in [1.165, 1.54) is 60.7 Å². The molecular weight excluding hydrogens is 404 g/mol. The first-order valence-electron chi connectivity index (χ1n) is 11.1. The molecule has 0 radical (unpaired) electrons. The number of unbranched alkanes of at least 4 members (excludes halogenated alkanes) is 5. The van der Waals surface area contributed by atoms with Crippen molar-refractivity contribution in [2.75, 3.05) is 23.7 Å². The van der Waals surface area contributed by atoms with Crippen LogP contribution < -0.4 is 10.6 Å². The predicted octanol–water partition coefficient (Wildman–Crippen LogP) is 7.07. The third-order valence-corrected chi connectivity index (χ3v) is 5.53. The van der Waals surface area contributed by atoms with E-state index in [0.717, 1.165) is 24.1 Å². The molecule has 5 heteroatoms. The van der Waals surface area contributed by atoms with E-state index in [0.29, 0.717) is 0 Å². The molecule has 2 aromatic carbocycles. The van der Waals surface area contributed by atoms with E-state index in [-0.39, 0.29) is 12.4 Å². The number of pyridine rings is 2. The van der Waals surface area contributed by atoms with Gasteiger partial charge >= 0.3 is 0 Å². The van der Waals surface area contributed by atoms with Crippen LogP contribution in [0.15, 0.2) is 73.1 Å². The van der Waals surface area contributed by atoms with Crippen LogP contribution in [0.2, 0.25) is 0 Å². The third-order valence-electron chi connectivity index (χ3n) is 5.53.